The Morgan fingerprint density at radius 3 is 2.67 bits per heavy atom. The summed E-state index contributed by atoms with van der Waals surface area (Å²) in [6.45, 7) is 5.90. The number of halogens is 1. The van der Waals surface area contributed by atoms with E-state index in [1.165, 1.54) is 18.4 Å². The quantitative estimate of drug-likeness (QED) is 0.712. The van der Waals surface area contributed by atoms with Gasteiger partial charge in [0.05, 0.1) is 11.2 Å². The minimum Gasteiger partial charge on any atom is -0.489 e. The summed E-state index contributed by atoms with van der Waals surface area (Å²) in [5.74, 6) is 0.617. The summed E-state index contributed by atoms with van der Waals surface area (Å²) in [6, 6.07) is 5.67. The standard InChI is InChI=1S/C23H31ClN4O2/c1-2-28-16-17(14-25-28)15-27-11-9-20(10-12-27)30-22-8-7-18(13-21(22)24)23(29)26-19-5-3-4-6-19/h7-8,13-14,16,19-20H,2-6,9-12,15H2,1H3,(H,26,29). The maximum atomic E-state index is 12.4. The molecule has 1 aliphatic heterocycles. The lowest BCUT2D eigenvalue weighted by atomic mass is 10.1. The molecule has 1 aromatic heterocycles. The van der Waals surface area contributed by atoms with Gasteiger partial charge >= 0.3 is 0 Å². The molecule has 1 aromatic carbocycles. The molecule has 1 saturated carbocycles. The Labute approximate surface area is 183 Å². The minimum absolute atomic E-state index is 0.0462. The summed E-state index contributed by atoms with van der Waals surface area (Å²) >= 11 is 6.44. The van der Waals surface area contributed by atoms with E-state index in [0.29, 0.717) is 22.4 Å². The molecule has 2 aliphatic rings. The molecule has 7 heteroatoms. The van der Waals surface area contributed by atoms with Gasteiger partial charge in [-0.05, 0) is 50.8 Å². The maximum absolute atomic E-state index is 12.4. The Balaban J connectivity index is 1.26. The van der Waals surface area contributed by atoms with Crippen LogP contribution in [0.15, 0.2) is 30.6 Å². The molecule has 1 N–H and O–H groups in total. The number of likely N-dealkylation sites (tertiary alicyclic amines) is 1. The number of aryl methyl sites for hydroxylation is 1. The van der Waals surface area contributed by atoms with Gasteiger partial charge in [-0.25, -0.2) is 0 Å². The van der Waals surface area contributed by atoms with Crippen molar-refractivity contribution in [1.82, 2.24) is 20.0 Å². The van der Waals surface area contributed by atoms with Gasteiger partial charge < -0.3 is 10.1 Å². The second kappa shape index (κ2) is 9.84. The first kappa shape index (κ1) is 21.2. The zero-order chi connectivity index (χ0) is 20.9. The molecule has 162 valence electrons. The molecule has 0 atom stereocenters. The van der Waals surface area contributed by atoms with Gasteiger partial charge in [-0.2, -0.15) is 5.10 Å². The van der Waals surface area contributed by atoms with Crippen molar-refractivity contribution in [3.63, 3.8) is 0 Å². The van der Waals surface area contributed by atoms with Gasteiger partial charge in [0.1, 0.15) is 11.9 Å². The summed E-state index contributed by atoms with van der Waals surface area (Å²) < 4.78 is 8.13. The molecule has 0 unspecified atom stereocenters. The Kier molecular flexibility index (Phi) is 6.95. The number of nitrogens with zero attached hydrogens (tertiary/aromatic N) is 3. The van der Waals surface area contributed by atoms with Gasteiger partial charge in [-0.1, -0.05) is 24.4 Å². The van der Waals surface area contributed by atoms with Crippen LogP contribution in [-0.4, -0.2) is 45.8 Å². The monoisotopic (exact) mass is 430 g/mol. The van der Waals surface area contributed by atoms with Gasteiger partial charge in [-0.15, -0.1) is 0 Å². The molecule has 0 bridgehead atoms. The highest BCUT2D eigenvalue weighted by atomic mass is 35.5. The predicted molar refractivity (Wildman–Crippen MR) is 118 cm³/mol. The Morgan fingerprint density at radius 2 is 2.00 bits per heavy atom. The van der Waals surface area contributed by atoms with E-state index in [1.54, 1.807) is 6.07 Å². The van der Waals surface area contributed by atoms with Crippen LogP contribution in [-0.2, 0) is 13.1 Å². The first-order valence-corrected chi connectivity index (χ1v) is 11.5. The number of piperidine rings is 1. The van der Waals surface area contributed by atoms with E-state index < -0.39 is 0 Å². The number of aromatic nitrogens is 2. The molecule has 2 aromatic rings. The number of ether oxygens (including phenoxy) is 1. The smallest absolute Gasteiger partial charge is 0.251 e. The number of carbonyl (C=O) groups excluding carboxylic acids is 1. The van der Waals surface area contributed by atoms with Gasteiger partial charge in [0.15, 0.2) is 0 Å². The molecule has 4 rings (SSSR count). The van der Waals surface area contributed by atoms with Gasteiger partial charge in [-0.3, -0.25) is 14.4 Å². The molecule has 1 amide bonds. The van der Waals surface area contributed by atoms with Crippen LogP contribution < -0.4 is 10.1 Å². The highest BCUT2D eigenvalue weighted by Crippen LogP contribution is 2.29. The number of hydrogen-bond donors (Lipinski definition) is 1. The van der Waals surface area contributed by atoms with Crippen LogP contribution in [0.25, 0.3) is 0 Å². The zero-order valence-electron chi connectivity index (χ0n) is 17.6. The fraction of sp³-hybridized carbons (Fsp3) is 0.565. The molecule has 2 fully saturated rings. The van der Waals surface area contributed by atoms with Crippen LogP contribution in [0.4, 0.5) is 0 Å². The molecule has 2 heterocycles. The fourth-order valence-corrected chi connectivity index (χ4v) is 4.59. The third-order valence-corrected chi connectivity index (χ3v) is 6.42. The molecule has 30 heavy (non-hydrogen) atoms. The van der Waals surface area contributed by atoms with E-state index >= 15 is 0 Å². The number of nitrogens with one attached hydrogen (secondary N) is 1. The second-order valence-corrected chi connectivity index (χ2v) is 8.80. The Bertz CT molecular complexity index is 855. The minimum atomic E-state index is -0.0462. The van der Waals surface area contributed by atoms with E-state index in [1.807, 2.05) is 23.0 Å². The van der Waals surface area contributed by atoms with E-state index in [4.69, 9.17) is 16.3 Å². The normalized spacial score (nSPS) is 18.6. The number of benzene rings is 1. The number of hydrogen-bond acceptors (Lipinski definition) is 4. The lowest BCUT2D eigenvalue weighted by Crippen LogP contribution is -2.37. The summed E-state index contributed by atoms with van der Waals surface area (Å²) in [5.41, 5.74) is 1.85. The highest BCUT2D eigenvalue weighted by Gasteiger charge is 2.23. The van der Waals surface area contributed by atoms with Crippen molar-refractivity contribution < 1.29 is 9.53 Å². The van der Waals surface area contributed by atoms with Crippen molar-refractivity contribution >= 4 is 17.5 Å². The van der Waals surface area contributed by atoms with E-state index in [0.717, 1.165) is 51.9 Å². The van der Waals surface area contributed by atoms with Crippen LogP contribution >= 0.6 is 11.6 Å². The Hall–Kier alpha value is -2.05. The number of rotatable bonds is 7. The van der Waals surface area contributed by atoms with Crippen molar-refractivity contribution in [3.8, 4) is 5.75 Å². The molecule has 1 aliphatic carbocycles. The van der Waals surface area contributed by atoms with Crippen molar-refractivity contribution in [2.45, 2.75) is 70.7 Å². The summed E-state index contributed by atoms with van der Waals surface area (Å²) in [5, 5.41) is 7.96. The molecular weight excluding hydrogens is 400 g/mol. The SMILES string of the molecule is CCn1cc(CN2CCC(Oc3ccc(C(=O)NC4CCCC4)cc3Cl)CC2)cn1. The van der Waals surface area contributed by atoms with Crippen molar-refractivity contribution in [2.24, 2.45) is 0 Å². The summed E-state index contributed by atoms with van der Waals surface area (Å²) in [4.78, 5) is 14.9. The summed E-state index contributed by atoms with van der Waals surface area (Å²) in [6.07, 6.45) is 10.7. The number of amides is 1. The molecule has 0 spiro atoms. The maximum Gasteiger partial charge on any atom is 0.251 e. The topological polar surface area (TPSA) is 59.4 Å². The van der Waals surface area contributed by atoms with Crippen molar-refractivity contribution in [2.75, 3.05) is 13.1 Å². The zero-order valence-corrected chi connectivity index (χ0v) is 18.4. The highest BCUT2D eigenvalue weighted by molar-refractivity contribution is 6.32. The van der Waals surface area contributed by atoms with Crippen LogP contribution in [0.1, 0.15) is 61.4 Å². The van der Waals surface area contributed by atoms with Crippen molar-refractivity contribution in [1.29, 1.82) is 0 Å². The largest absolute Gasteiger partial charge is 0.489 e. The van der Waals surface area contributed by atoms with E-state index in [9.17, 15) is 4.79 Å². The van der Waals surface area contributed by atoms with Gasteiger partial charge in [0, 0.05) is 49.5 Å². The third-order valence-electron chi connectivity index (χ3n) is 6.13. The van der Waals surface area contributed by atoms with Crippen LogP contribution in [0, 0.1) is 0 Å². The lowest BCUT2D eigenvalue weighted by Gasteiger charge is -2.32. The molecule has 0 radical (unpaired) electrons. The second-order valence-electron chi connectivity index (χ2n) is 8.40. The summed E-state index contributed by atoms with van der Waals surface area (Å²) in [7, 11) is 0. The average Bonchev–Trinajstić information content (AvgIpc) is 3.43. The Morgan fingerprint density at radius 1 is 1.23 bits per heavy atom. The number of carbonyl (C=O) groups is 1. The fourth-order valence-electron chi connectivity index (χ4n) is 4.36. The van der Waals surface area contributed by atoms with E-state index in [2.05, 4.69) is 28.4 Å². The molecule has 1 saturated heterocycles. The first-order valence-electron chi connectivity index (χ1n) is 11.1. The van der Waals surface area contributed by atoms with E-state index in [-0.39, 0.29) is 12.0 Å². The molecule has 6 nitrogen and oxygen atoms in total. The van der Waals surface area contributed by atoms with Crippen LogP contribution in [0.2, 0.25) is 5.02 Å². The lowest BCUT2D eigenvalue weighted by molar-refractivity contribution is 0.0936. The van der Waals surface area contributed by atoms with Gasteiger partial charge in [0.2, 0.25) is 0 Å². The average molecular weight is 431 g/mol. The first-order chi connectivity index (χ1) is 14.6. The van der Waals surface area contributed by atoms with Crippen molar-refractivity contribution in [3.05, 3.63) is 46.7 Å². The third kappa shape index (κ3) is 5.35. The molecular formula is C23H31ClN4O2. The van der Waals surface area contributed by atoms with Crippen LogP contribution in [0.5, 0.6) is 5.75 Å². The van der Waals surface area contributed by atoms with Gasteiger partial charge in [0.25, 0.3) is 5.91 Å². The van der Waals surface area contributed by atoms with Crippen LogP contribution in [0.3, 0.4) is 0 Å². The predicted octanol–water partition coefficient (Wildman–Crippen LogP) is 4.27.